The Bertz CT molecular complexity index is 886. The lowest BCUT2D eigenvalue weighted by Gasteiger charge is -2.47. The molecule has 0 aliphatic carbocycles. The van der Waals surface area contributed by atoms with Gasteiger partial charge in [0.2, 0.25) is 11.8 Å². The van der Waals surface area contributed by atoms with Gasteiger partial charge in [-0.05, 0) is 54.3 Å². The summed E-state index contributed by atoms with van der Waals surface area (Å²) in [5, 5.41) is 7.07. The van der Waals surface area contributed by atoms with Crippen LogP contribution in [0.1, 0.15) is 56.6 Å². The van der Waals surface area contributed by atoms with Crippen LogP contribution in [-0.4, -0.2) is 41.4 Å². The van der Waals surface area contributed by atoms with E-state index in [2.05, 4.69) is 11.4 Å². The Balaban J connectivity index is 1.44. The maximum atomic E-state index is 12.7. The normalized spacial score (nSPS) is 20.0. The zero-order chi connectivity index (χ0) is 21.1. The van der Waals surface area contributed by atoms with E-state index in [1.165, 1.54) is 0 Å². The van der Waals surface area contributed by atoms with Gasteiger partial charge >= 0.3 is 0 Å². The number of thiophene rings is 1. The van der Waals surface area contributed by atoms with E-state index in [9.17, 15) is 9.59 Å². The van der Waals surface area contributed by atoms with Crippen molar-refractivity contribution in [1.82, 2.24) is 10.2 Å². The number of nitrogens with zero attached hydrogens (tertiary/aromatic N) is 1. The minimum atomic E-state index is -0.295. The zero-order valence-electron chi connectivity index (χ0n) is 17.7. The van der Waals surface area contributed by atoms with Crippen molar-refractivity contribution < 1.29 is 14.3 Å². The van der Waals surface area contributed by atoms with Crippen LogP contribution in [-0.2, 0) is 16.0 Å². The van der Waals surface area contributed by atoms with Crippen molar-refractivity contribution in [2.45, 2.75) is 63.5 Å². The molecule has 1 aromatic carbocycles. The van der Waals surface area contributed by atoms with Gasteiger partial charge in [-0.1, -0.05) is 18.2 Å². The molecule has 4 rings (SSSR count). The van der Waals surface area contributed by atoms with Gasteiger partial charge < -0.3 is 15.0 Å². The third kappa shape index (κ3) is 4.69. The number of ether oxygens (including phenoxy) is 1. The first-order chi connectivity index (χ1) is 14.4. The molecule has 1 spiro atoms. The van der Waals surface area contributed by atoms with Crippen LogP contribution in [0.3, 0.4) is 0 Å². The van der Waals surface area contributed by atoms with Gasteiger partial charge in [-0.2, -0.15) is 11.3 Å². The van der Waals surface area contributed by atoms with E-state index >= 15 is 0 Å². The van der Waals surface area contributed by atoms with Crippen LogP contribution in [0.15, 0.2) is 41.1 Å². The molecule has 3 heterocycles. The third-order valence-corrected chi connectivity index (χ3v) is 6.88. The molecule has 1 N–H and O–H groups in total. The lowest BCUT2D eigenvalue weighted by atomic mass is 9.76. The topological polar surface area (TPSA) is 58.6 Å². The molecule has 0 saturated carbocycles. The molecule has 5 nitrogen and oxygen atoms in total. The summed E-state index contributed by atoms with van der Waals surface area (Å²) in [5.41, 5.74) is 1.92. The number of hydrogen-bond acceptors (Lipinski definition) is 4. The number of para-hydroxylation sites is 1. The predicted octanol–water partition coefficient (Wildman–Crippen LogP) is 4.13. The molecule has 0 radical (unpaired) electrons. The van der Waals surface area contributed by atoms with Crippen LogP contribution in [0.25, 0.3) is 0 Å². The molecule has 1 saturated heterocycles. The number of rotatable bonds is 5. The van der Waals surface area contributed by atoms with Crippen LogP contribution >= 0.6 is 11.3 Å². The molecule has 2 amide bonds. The fourth-order valence-corrected chi connectivity index (χ4v) is 5.35. The summed E-state index contributed by atoms with van der Waals surface area (Å²) in [4.78, 5) is 27.1. The van der Waals surface area contributed by atoms with Crippen molar-refractivity contribution >= 4 is 23.2 Å². The molecule has 1 aromatic heterocycles. The second-order valence-corrected chi connectivity index (χ2v) is 9.62. The predicted molar refractivity (Wildman–Crippen MR) is 119 cm³/mol. The summed E-state index contributed by atoms with van der Waals surface area (Å²) >= 11 is 1.62. The number of amides is 2. The lowest BCUT2D eigenvalue weighted by molar-refractivity contribution is -0.134. The van der Waals surface area contributed by atoms with E-state index in [4.69, 9.17) is 4.74 Å². The van der Waals surface area contributed by atoms with E-state index in [1.54, 1.807) is 11.3 Å². The van der Waals surface area contributed by atoms with Crippen molar-refractivity contribution in [3.05, 3.63) is 52.2 Å². The van der Waals surface area contributed by atoms with Crippen molar-refractivity contribution in [3.8, 4) is 5.75 Å². The standard InChI is InChI=1S/C24H30N2O3S/c1-17(2)25-22(27)14-19-15-24(29-21-6-4-3-5-20(19)21)8-10-26(11-9-24)23(28)13-18-7-12-30-16-18/h3-7,12,16-17,19H,8-11,13-15H2,1-2H3,(H,25,27). The maximum absolute atomic E-state index is 12.7. The van der Waals surface area contributed by atoms with Gasteiger partial charge in [-0.15, -0.1) is 0 Å². The molecule has 1 fully saturated rings. The number of carbonyl (C=O) groups excluding carboxylic acids is 2. The minimum Gasteiger partial charge on any atom is -0.487 e. The number of carbonyl (C=O) groups is 2. The Morgan fingerprint density at radius 2 is 2.00 bits per heavy atom. The molecule has 6 heteroatoms. The molecule has 1 unspecified atom stereocenters. The number of nitrogens with one attached hydrogen (secondary N) is 1. The highest BCUT2D eigenvalue weighted by molar-refractivity contribution is 7.08. The van der Waals surface area contributed by atoms with E-state index in [0.29, 0.717) is 25.9 Å². The highest BCUT2D eigenvalue weighted by atomic mass is 32.1. The van der Waals surface area contributed by atoms with E-state index in [-0.39, 0.29) is 29.4 Å². The Morgan fingerprint density at radius 3 is 2.70 bits per heavy atom. The Kier molecular flexibility index (Phi) is 6.14. The monoisotopic (exact) mass is 426 g/mol. The average Bonchev–Trinajstić information content (AvgIpc) is 3.21. The Morgan fingerprint density at radius 1 is 1.23 bits per heavy atom. The van der Waals surface area contributed by atoms with Crippen LogP contribution < -0.4 is 10.1 Å². The van der Waals surface area contributed by atoms with Crippen LogP contribution in [0.4, 0.5) is 0 Å². The summed E-state index contributed by atoms with van der Waals surface area (Å²) in [7, 11) is 0. The number of piperidine rings is 1. The van der Waals surface area contributed by atoms with Gasteiger partial charge in [0, 0.05) is 44.3 Å². The molecule has 2 aliphatic rings. The van der Waals surface area contributed by atoms with Gasteiger partial charge in [-0.25, -0.2) is 0 Å². The van der Waals surface area contributed by atoms with Crippen LogP contribution in [0.2, 0.25) is 0 Å². The molecular weight excluding hydrogens is 396 g/mol. The van der Waals surface area contributed by atoms with Gasteiger partial charge in [0.25, 0.3) is 0 Å². The molecule has 0 bridgehead atoms. The molecule has 2 aromatic rings. The molecule has 2 aliphatic heterocycles. The van der Waals surface area contributed by atoms with Gasteiger partial charge in [-0.3, -0.25) is 9.59 Å². The average molecular weight is 427 g/mol. The summed E-state index contributed by atoms with van der Waals surface area (Å²) in [6.07, 6.45) is 3.37. The maximum Gasteiger partial charge on any atom is 0.227 e. The first-order valence-electron chi connectivity index (χ1n) is 10.8. The molecule has 1 atom stereocenters. The van der Waals surface area contributed by atoms with E-state index < -0.39 is 0 Å². The van der Waals surface area contributed by atoms with E-state index in [0.717, 1.165) is 36.1 Å². The third-order valence-electron chi connectivity index (χ3n) is 6.15. The highest BCUT2D eigenvalue weighted by Gasteiger charge is 2.44. The number of likely N-dealkylation sites (tertiary alicyclic amines) is 1. The SMILES string of the molecule is CC(C)NC(=O)CC1CC2(CCN(C(=O)Cc3ccsc3)CC2)Oc2ccccc21. The van der Waals surface area contributed by atoms with Crippen LogP contribution in [0, 0.1) is 0 Å². The van der Waals surface area contributed by atoms with Crippen LogP contribution in [0.5, 0.6) is 5.75 Å². The second kappa shape index (κ2) is 8.80. The van der Waals surface area contributed by atoms with Crippen molar-refractivity contribution in [2.75, 3.05) is 13.1 Å². The van der Waals surface area contributed by atoms with Gasteiger partial charge in [0.05, 0.1) is 6.42 Å². The number of hydrogen-bond donors (Lipinski definition) is 1. The van der Waals surface area contributed by atoms with Gasteiger partial charge in [0.15, 0.2) is 0 Å². The van der Waals surface area contributed by atoms with Crippen molar-refractivity contribution in [2.24, 2.45) is 0 Å². The number of benzene rings is 1. The van der Waals surface area contributed by atoms with Crippen molar-refractivity contribution in [1.29, 1.82) is 0 Å². The Hall–Kier alpha value is -2.34. The fraction of sp³-hybridized carbons (Fsp3) is 0.500. The smallest absolute Gasteiger partial charge is 0.227 e. The summed E-state index contributed by atoms with van der Waals surface area (Å²) < 4.78 is 6.52. The quantitative estimate of drug-likeness (QED) is 0.782. The zero-order valence-corrected chi connectivity index (χ0v) is 18.5. The summed E-state index contributed by atoms with van der Waals surface area (Å²) in [6.45, 7) is 5.38. The summed E-state index contributed by atoms with van der Waals surface area (Å²) in [5.74, 6) is 1.31. The second-order valence-electron chi connectivity index (χ2n) is 8.84. The first-order valence-corrected chi connectivity index (χ1v) is 11.7. The van der Waals surface area contributed by atoms with Gasteiger partial charge in [0.1, 0.15) is 11.4 Å². The highest BCUT2D eigenvalue weighted by Crippen LogP contribution is 2.46. The lowest BCUT2D eigenvalue weighted by Crippen LogP contribution is -2.52. The summed E-state index contributed by atoms with van der Waals surface area (Å²) in [6, 6.07) is 10.2. The molecule has 30 heavy (non-hydrogen) atoms. The molecular formula is C24H30N2O3S. The minimum absolute atomic E-state index is 0.0882. The number of fused-ring (bicyclic) bond motifs is 1. The Labute approximate surface area is 182 Å². The molecule has 160 valence electrons. The first kappa shape index (κ1) is 20.9. The largest absolute Gasteiger partial charge is 0.487 e. The van der Waals surface area contributed by atoms with Crippen molar-refractivity contribution in [3.63, 3.8) is 0 Å². The van der Waals surface area contributed by atoms with E-state index in [1.807, 2.05) is 53.8 Å². The fourth-order valence-electron chi connectivity index (χ4n) is 4.68.